The molecule has 36 heavy (non-hydrogen) atoms. The molecule has 1 saturated heterocycles. The molecule has 1 fully saturated rings. The fraction of sp³-hybridized carbons (Fsp3) is 0.280. The van der Waals surface area contributed by atoms with Crippen molar-refractivity contribution in [1.29, 1.82) is 0 Å². The number of aromatic nitrogens is 5. The van der Waals surface area contributed by atoms with Gasteiger partial charge in [0.05, 0.1) is 5.75 Å². The number of carbonyl (C=O) groups excluding carboxylic acids is 2. The van der Waals surface area contributed by atoms with E-state index >= 15 is 0 Å². The lowest BCUT2D eigenvalue weighted by molar-refractivity contribution is -0.123. The number of aryl methyl sites for hydroxylation is 1. The Bertz CT molecular complexity index is 1360. The van der Waals surface area contributed by atoms with Crippen LogP contribution in [0.15, 0.2) is 59.3 Å². The molecular weight excluding hydrogens is 494 g/mol. The monoisotopic (exact) mass is 519 g/mol. The highest BCUT2D eigenvalue weighted by Crippen LogP contribution is 2.30. The Morgan fingerprint density at radius 1 is 1.08 bits per heavy atom. The fourth-order valence-electron chi connectivity index (χ4n) is 4.11. The van der Waals surface area contributed by atoms with E-state index in [0.29, 0.717) is 37.4 Å². The number of nitrogens with zero attached hydrogens (tertiary/aromatic N) is 6. The zero-order valence-electron chi connectivity index (χ0n) is 19.7. The first kappa shape index (κ1) is 24.1. The largest absolute Gasteiger partial charge is 0.369 e. The predicted octanol–water partition coefficient (Wildman–Crippen LogP) is 3.72. The molecule has 11 heteroatoms. The summed E-state index contributed by atoms with van der Waals surface area (Å²) in [5.74, 6) is 0.744. The third-order valence-corrected chi connectivity index (χ3v) is 8.12. The van der Waals surface area contributed by atoms with Gasteiger partial charge in [0.15, 0.2) is 11.0 Å². The number of likely N-dealkylation sites (tertiary alicyclic amines) is 1. The van der Waals surface area contributed by atoms with Crippen LogP contribution < -0.4 is 5.73 Å². The van der Waals surface area contributed by atoms with Gasteiger partial charge in [-0.2, -0.15) is 0 Å². The summed E-state index contributed by atoms with van der Waals surface area (Å²) in [6, 6.07) is 12.0. The van der Waals surface area contributed by atoms with Crippen molar-refractivity contribution in [2.24, 2.45) is 11.7 Å². The van der Waals surface area contributed by atoms with Gasteiger partial charge in [0.1, 0.15) is 10.7 Å². The van der Waals surface area contributed by atoms with E-state index in [1.54, 1.807) is 22.7 Å². The normalized spacial score (nSPS) is 14.2. The van der Waals surface area contributed by atoms with Crippen molar-refractivity contribution >= 4 is 34.9 Å². The van der Waals surface area contributed by atoms with Crippen LogP contribution in [0.2, 0.25) is 0 Å². The Labute approximate surface area is 216 Å². The molecule has 5 rings (SSSR count). The quantitative estimate of drug-likeness (QED) is 0.370. The Morgan fingerprint density at radius 2 is 1.81 bits per heavy atom. The number of hydrogen-bond donors (Lipinski definition) is 1. The van der Waals surface area contributed by atoms with E-state index in [4.69, 9.17) is 5.73 Å². The number of hydrogen-bond acceptors (Lipinski definition) is 8. The van der Waals surface area contributed by atoms with Crippen molar-refractivity contribution in [3.8, 4) is 17.1 Å². The number of amides is 2. The van der Waals surface area contributed by atoms with Gasteiger partial charge in [0.25, 0.3) is 5.91 Å². The van der Waals surface area contributed by atoms with Gasteiger partial charge in [0, 0.05) is 48.0 Å². The van der Waals surface area contributed by atoms with Gasteiger partial charge in [-0.15, -0.1) is 21.5 Å². The molecule has 0 radical (unpaired) electrons. The lowest BCUT2D eigenvalue weighted by atomic mass is 9.96. The topological polar surface area (TPSA) is 120 Å². The number of carbonyl (C=O) groups is 2. The molecule has 1 aliphatic heterocycles. The zero-order chi connectivity index (χ0) is 25.1. The summed E-state index contributed by atoms with van der Waals surface area (Å²) in [6.45, 7) is 3.09. The lowest BCUT2D eigenvalue weighted by Gasteiger charge is -2.30. The number of piperidine rings is 1. The smallest absolute Gasteiger partial charge is 0.273 e. The molecule has 2 amide bonds. The van der Waals surface area contributed by atoms with Crippen LogP contribution in [0.25, 0.3) is 17.1 Å². The fourth-order valence-corrected chi connectivity index (χ4v) is 5.85. The average molecular weight is 520 g/mol. The highest BCUT2D eigenvalue weighted by Gasteiger charge is 2.27. The van der Waals surface area contributed by atoms with E-state index in [2.05, 4.69) is 51.4 Å². The van der Waals surface area contributed by atoms with E-state index in [9.17, 15) is 9.59 Å². The SMILES string of the molecule is Cc1ccc(-n2c(SCc3nc(C(=O)N4CCC(C(N)=O)CC4)cs3)nnc2-c2ccncc2)cc1. The molecule has 184 valence electrons. The minimum atomic E-state index is -0.291. The number of rotatable bonds is 7. The Morgan fingerprint density at radius 3 is 2.50 bits per heavy atom. The molecule has 9 nitrogen and oxygen atoms in total. The molecule has 0 saturated carbocycles. The molecule has 4 aromatic rings. The predicted molar refractivity (Wildman–Crippen MR) is 139 cm³/mol. The number of pyridine rings is 1. The van der Waals surface area contributed by atoms with Gasteiger partial charge in [-0.1, -0.05) is 29.5 Å². The molecule has 3 aromatic heterocycles. The Balaban J connectivity index is 1.32. The summed E-state index contributed by atoms with van der Waals surface area (Å²) in [7, 11) is 0. The molecule has 0 atom stereocenters. The number of thioether (sulfide) groups is 1. The van der Waals surface area contributed by atoms with Crippen molar-refractivity contribution in [3.05, 3.63) is 70.4 Å². The van der Waals surface area contributed by atoms with E-state index in [1.165, 1.54) is 28.7 Å². The summed E-state index contributed by atoms with van der Waals surface area (Å²) >= 11 is 2.98. The van der Waals surface area contributed by atoms with Crippen LogP contribution >= 0.6 is 23.1 Å². The summed E-state index contributed by atoms with van der Waals surface area (Å²) in [4.78, 5) is 34.7. The maximum absolute atomic E-state index is 12.9. The number of primary amides is 1. The van der Waals surface area contributed by atoms with E-state index in [-0.39, 0.29) is 17.7 Å². The maximum atomic E-state index is 12.9. The van der Waals surface area contributed by atoms with E-state index in [0.717, 1.165) is 27.2 Å². The third kappa shape index (κ3) is 5.17. The van der Waals surface area contributed by atoms with E-state index < -0.39 is 0 Å². The Hall–Kier alpha value is -3.57. The van der Waals surface area contributed by atoms with Crippen LogP contribution in [0.1, 0.15) is 33.9 Å². The van der Waals surface area contributed by atoms with Crippen LogP contribution in [0.3, 0.4) is 0 Å². The molecule has 0 unspecified atom stereocenters. The molecule has 1 aliphatic rings. The molecule has 1 aromatic carbocycles. The molecule has 0 spiro atoms. The van der Waals surface area contributed by atoms with Crippen molar-refractivity contribution < 1.29 is 9.59 Å². The molecule has 0 bridgehead atoms. The summed E-state index contributed by atoms with van der Waals surface area (Å²) < 4.78 is 2.03. The zero-order valence-corrected chi connectivity index (χ0v) is 21.3. The average Bonchev–Trinajstić information content (AvgIpc) is 3.55. The maximum Gasteiger partial charge on any atom is 0.273 e. The lowest BCUT2D eigenvalue weighted by Crippen LogP contribution is -2.41. The minimum absolute atomic E-state index is 0.104. The van der Waals surface area contributed by atoms with Crippen LogP contribution in [-0.2, 0) is 10.5 Å². The highest BCUT2D eigenvalue weighted by atomic mass is 32.2. The summed E-state index contributed by atoms with van der Waals surface area (Å²) in [6.07, 6.45) is 4.67. The van der Waals surface area contributed by atoms with Crippen molar-refractivity contribution in [2.45, 2.75) is 30.7 Å². The molecular formula is C25H25N7O2S2. The standard InChI is InChI=1S/C25H25N7O2S2/c1-16-2-4-19(5-3-16)32-23(18-6-10-27-11-7-18)29-30-25(32)36-15-21-28-20(14-35-21)24(34)31-12-8-17(9-13-31)22(26)33/h2-7,10-11,14,17H,8-9,12-13,15H2,1H3,(H2,26,33). The molecule has 0 aliphatic carbocycles. The van der Waals surface area contributed by atoms with Gasteiger partial charge >= 0.3 is 0 Å². The van der Waals surface area contributed by atoms with Gasteiger partial charge in [0.2, 0.25) is 5.91 Å². The van der Waals surface area contributed by atoms with Gasteiger partial charge in [-0.05, 0) is 44.0 Å². The minimum Gasteiger partial charge on any atom is -0.369 e. The second-order valence-electron chi connectivity index (χ2n) is 8.60. The molecule has 2 N–H and O–H groups in total. The van der Waals surface area contributed by atoms with Crippen molar-refractivity contribution in [2.75, 3.05) is 13.1 Å². The first-order valence-electron chi connectivity index (χ1n) is 11.6. The summed E-state index contributed by atoms with van der Waals surface area (Å²) in [5.41, 5.74) is 8.90. The second kappa shape index (κ2) is 10.6. The van der Waals surface area contributed by atoms with Crippen LogP contribution in [0.4, 0.5) is 0 Å². The van der Waals surface area contributed by atoms with E-state index in [1.807, 2.05) is 16.7 Å². The number of nitrogens with two attached hydrogens (primary N) is 1. The van der Waals surface area contributed by atoms with Gasteiger partial charge in [-0.3, -0.25) is 19.1 Å². The highest BCUT2D eigenvalue weighted by molar-refractivity contribution is 7.98. The summed E-state index contributed by atoms with van der Waals surface area (Å²) in [5, 5.41) is 12.3. The van der Waals surface area contributed by atoms with Crippen molar-refractivity contribution in [1.82, 2.24) is 29.6 Å². The van der Waals surface area contributed by atoms with Crippen LogP contribution in [0.5, 0.6) is 0 Å². The first-order chi connectivity index (χ1) is 17.5. The second-order valence-corrected chi connectivity index (χ2v) is 10.5. The Kier molecular flexibility index (Phi) is 7.10. The third-order valence-electron chi connectivity index (χ3n) is 6.14. The van der Waals surface area contributed by atoms with Gasteiger partial charge < -0.3 is 10.6 Å². The number of thiazole rings is 1. The number of benzene rings is 1. The van der Waals surface area contributed by atoms with Crippen LogP contribution in [0, 0.1) is 12.8 Å². The van der Waals surface area contributed by atoms with Gasteiger partial charge in [-0.25, -0.2) is 4.98 Å². The first-order valence-corrected chi connectivity index (χ1v) is 13.4. The van der Waals surface area contributed by atoms with Crippen LogP contribution in [-0.4, -0.2) is 54.5 Å². The van der Waals surface area contributed by atoms with Crippen molar-refractivity contribution in [3.63, 3.8) is 0 Å². The molecule has 4 heterocycles.